The fraction of sp³-hybridized carbons (Fsp3) is 0.524. The maximum atomic E-state index is 12.9. The number of sulfonamides is 1. The topological polar surface area (TPSA) is 84.3 Å². The first-order valence-corrected chi connectivity index (χ1v) is 14.0. The molecule has 0 aliphatic carbocycles. The van der Waals surface area contributed by atoms with E-state index >= 15 is 0 Å². The fourth-order valence-electron chi connectivity index (χ4n) is 3.83. The van der Waals surface area contributed by atoms with Gasteiger partial charge in [0.1, 0.15) is 5.82 Å². The average molecular weight is 481 g/mol. The van der Waals surface area contributed by atoms with Gasteiger partial charge in [-0.3, -0.25) is 4.79 Å². The first-order valence-electron chi connectivity index (χ1n) is 10.5. The van der Waals surface area contributed by atoms with Crippen molar-refractivity contribution in [1.29, 1.82) is 0 Å². The van der Waals surface area contributed by atoms with Gasteiger partial charge in [0.05, 0.1) is 4.58 Å². The molecule has 10 heteroatoms. The molecule has 1 amide bonds. The Morgan fingerprint density at radius 2 is 1.90 bits per heavy atom. The SMILES string of the molecule is Cc1nc(S(=O)(=O)N2CCC(C(=O)Nc3cccc(C4SCCCS4)c3)CC2)cn1C. The smallest absolute Gasteiger partial charge is 0.262 e. The Morgan fingerprint density at radius 3 is 2.55 bits per heavy atom. The average Bonchev–Trinajstić information content (AvgIpc) is 3.14. The number of carbonyl (C=O) groups excluding carboxylic acids is 1. The van der Waals surface area contributed by atoms with E-state index in [1.807, 2.05) is 35.7 Å². The van der Waals surface area contributed by atoms with Crippen LogP contribution in [0, 0.1) is 12.8 Å². The van der Waals surface area contributed by atoms with Crippen molar-refractivity contribution in [1.82, 2.24) is 13.9 Å². The van der Waals surface area contributed by atoms with Crippen LogP contribution >= 0.6 is 23.5 Å². The third kappa shape index (κ3) is 5.13. The number of hydrogen-bond donors (Lipinski definition) is 1. The Balaban J connectivity index is 1.35. The lowest BCUT2D eigenvalue weighted by atomic mass is 9.97. The summed E-state index contributed by atoms with van der Waals surface area (Å²) in [5, 5.41) is 3.12. The highest BCUT2D eigenvalue weighted by Crippen LogP contribution is 2.44. The van der Waals surface area contributed by atoms with Crippen molar-refractivity contribution < 1.29 is 13.2 Å². The lowest BCUT2D eigenvalue weighted by Gasteiger charge is -2.30. The van der Waals surface area contributed by atoms with Gasteiger partial charge >= 0.3 is 0 Å². The number of benzene rings is 1. The summed E-state index contributed by atoms with van der Waals surface area (Å²) in [6.45, 7) is 2.42. The predicted octanol–water partition coefficient (Wildman–Crippen LogP) is 3.64. The first-order chi connectivity index (χ1) is 14.8. The maximum Gasteiger partial charge on any atom is 0.262 e. The van der Waals surface area contributed by atoms with Gasteiger partial charge in [-0.1, -0.05) is 12.1 Å². The summed E-state index contributed by atoms with van der Waals surface area (Å²) in [5.74, 6) is 2.77. The molecular weight excluding hydrogens is 452 g/mol. The molecule has 1 N–H and O–H groups in total. The van der Waals surface area contributed by atoms with Crippen molar-refractivity contribution in [3.8, 4) is 0 Å². The van der Waals surface area contributed by atoms with Crippen molar-refractivity contribution in [2.45, 2.75) is 35.8 Å². The predicted molar refractivity (Wildman–Crippen MR) is 127 cm³/mol. The number of nitrogens with zero attached hydrogens (tertiary/aromatic N) is 3. The molecule has 4 rings (SSSR count). The van der Waals surface area contributed by atoms with Crippen LogP contribution in [0.4, 0.5) is 5.69 Å². The van der Waals surface area contributed by atoms with Crippen molar-refractivity contribution in [3.63, 3.8) is 0 Å². The zero-order chi connectivity index (χ0) is 22.0. The third-order valence-electron chi connectivity index (χ3n) is 5.77. The summed E-state index contributed by atoms with van der Waals surface area (Å²) in [6.07, 6.45) is 3.80. The standard InChI is InChI=1S/C21H28N4O3S3/c1-15-22-19(14-24(15)2)31(27,28)25-9-7-16(8-10-25)20(26)23-18-6-3-5-17(13-18)21-29-11-4-12-30-21/h3,5-6,13-14,16,21H,4,7-12H2,1-2H3,(H,23,26). The summed E-state index contributed by atoms with van der Waals surface area (Å²) in [5.41, 5.74) is 2.05. The minimum absolute atomic E-state index is 0.0353. The number of aromatic nitrogens is 2. The molecule has 31 heavy (non-hydrogen) atoms. The van der Waals surface area contributed by atoms with Gasteiger partial charge in [0.25, 0.3) is 10.0 Å². The number of amides is 1. The van der Waals surface area contributed by atoms with Gasteiger partial charge in [-0.15, -0.1) is 23.5 Å². The van der Waals surface area contributed by atoms with Crippen molar-refractivity contribution in [3.05, 3.63) is 41.9 Å². The Kier molecular flexibility index (Phi) is 7.00. The number of nitrogens with one attached hydrogen (secondary N) is 1. The Morgan fingerprint density at radius 1 is 1.19 bits per heavy atom. The zero-order valence-electron chi connectivity index (χ0n) is 17.8. The van der Waals surface area contributed by atoms with Gasteiger partial charge in [-0.05, 0) is 55.4 Å². The molecule has 1 aromatic heterocycles. The number of thioether (sulfide) groups is 2. The number of anilines is 1. The summed E-state index contributed by atoms with van der Waals surface area (Å²) in [7, 11) is -1.85. The molecular formula is C21H28N4O3S3. The van der Waals surface area contributed by atoms with E-state index in [4.69, 9.17) is 0 Å². The fourth-order valence-corrected chi connectivity index (χ4v) is 8.20. The van der Waals surface area contributed by atoms with E-state index in [0.717, 1.165) is 5.69 Å². The lowest BCUT2D eigenvalue weighted by molar-refractivity contribution is -0.120. The van der Waals surface area contributed by atoms with E-state index in [2.05, 4.69) is 22.4 Å². The molecule has 2 aliphatic rings. The van der Waals surface area contributed by atoms with E-state index in [1.54, 1.807) is 24.7 Å². The maximum absolute atomic E-state index is 12.9. The summed E-state index contributed by atoms with van der Waals surface area (Å²) in [4.78, 5) is 17.0. The lowest BCUT2D eigenvalue weighted by Crippen LogP contribution is -2.41. The van der Waals surface area contributed by atoms with Crippen LogP contribution in [0.3, 0.4) is 0 Å². The van der Waals surface area contributed by atoms with E-state index in [1.165, 1.54) is 27.8 Å². The number of rotatable bonds is 5. The van der Waals surface area contributed by atoms with Crippen LogP contribution in [-0.2, 0) is 21.9 Å². The Labute approximate surface area is 192 Å². The molecule has 0 spiro atoms. The number of piperidine rings is 1. The molecule has 0 radical (unpaired) electrons. The van der Waals surface area contributed by atoms with Gasteiger partial charge in [0, 0.05) is 37.9 Å². The van der Waals surface area contributed by atoms with Gasteiger partial charge in [0.15, 0.2) is 5.03 Å². The molecule has 3 heterocycles. The van der Waals surface area contributed by atoms with Crippen molar-refractivity contribution >= 4 is 45.1 Å². The number of aryl methyl sites for hydroxylation is 2. The highest BCUT2D eigenvalue weighted by molar-refractivity contribution is 8.16. The van der Waals surface area contributed by atoms with Gasteiger partial charge in [-0.25, -0.2) is 13.4 Å². The summed E-state index contributed by atoms with van der Waals surface area (Å²) >= 11 is 3.91. The van der Waals surface area contributed by atoms with Gasteiger partial charge < -0.3 is 9.88 Å². The largest absolute Gasteiger partial charge is 0.337 e. The van der Waals surface area contributed by atoms with Gasteiger partial charge in [0.2, 0.25) is 5.91 Å². The Hall–Kier alpha value is -1.49. The van der Waals surface area contributed by atoms with Crippen LogP contribution in [0.25, 0.3) is 0 Å². The third-order valence-corrected chi connectivity index (χ3v) is 10.6. The molecule has 1 aromatic carbocycles. The quantitative estimate of drug-likeness (QED) is 0.703. The molecule has 2 aromatic rings. The molecule has 7 nitrogen and oxygen atoms in total. The minimum Gasteiger partial charge on any atom is -0.337 e. The molecule has 0 saturated carbocycles. The second kappa shape index (κ2) is 9.56. The normalized spacial score (nSPS) is 19.4. The first kappa shape index (κ1) is 22.7. The number of carbonyl (C=O) groups is 1. The van der Waals surface area contributed by atoms with E-state index in [9.17, 15) is 13.2 Å². The van der Waals surface area contributed by atoms with Crippen LogP contribution in [0.15, 0.2) is 35.5 Å². The summed E-state index contributed by atoms with van der Waals surface area (Å²) in [6, 6.07) is 8.10. The van der Waals surface area contributed by atoms with Crippen LogP contribution in [0.5, 0.6) is 0 Å². The molecule has 0 atom stereocenters. The van der Waals surface area contributed by atoms with Gasteiger partial charge in [-0.2, -0.15) is 4.31 Å². The van der Waals surface area contributed by atoms with Crippen LogP contribution in [-0.4, -0.2) is 52.8 Å². The zero-order valence-corrected chi connectivity index (χ0v) is 20.2. The number of hydrogen-bond acceptors (Lipinski definition) is 6. The van der Waals surface area contributed by atoms with Crippen LogP contribution < -0.4 is 5.32 Å². The summed E-state index contributed by atoms with van der Waals surface area (Å²) < 4.78 is 29.3. The second-order valence-corrected chi connectivity index (χ2v) is 12.6. The van der Waals surface area contributed by atoms with Crippen LogP contribution in [0.2, 0.25) is 0 Å². The Bertz CT molecular complexity index is 1020. The highest BCUT2D eigenvalue weighted by Gasteiger charge is 2.33. The minimum atomic E-state index is -3.62. The molecule has 0 unspecified atom stereocenters. The highest BCUT2D eigenvalue weighted by atomic mass is 32.2. The van der Waals surface area contributed by atoms with E-state index < -0.39 is 10.0 Å². The van der Waals surface area contributed by atoms with E-state index in [0.29, 0.717) is 36.3 Å². The van der Waals surface area contributed by atoms with Crippen molar-refractivity contribution in [2.24, 2.45) is 13.0 Å². The second-order valence-electron chi connectivity index (χ2n) is 7.96. The molecule has 168 valence electrons. The molecule has 0 bridgehead atoms. The van der Waals surface area contributed by atoms with Crippen LogP contribution in [0.1, 0.15) is 35.2 Å². The van der Waals surface area contributed by atoms with E-state index in [-0.39, 0.29) is 16.9 Å². The monoisotopic (exact) mass is 480 g/mol. The molecule has 2 aliphatic heterocycles. The molecule has 2 saturated heterocycles. The number of imidazole rings is 1. The molecule has 2 fully saturated rings. The van der Waals surface area contributed by atoms with Crippen molar-refractivity contribution in [2.75, 3.05) is 29.9 Å².